The van der Waals surface area contributed by atoms with E-state index in [4.69, 9.17) is 5.11 Å². The molecule has 4 nitrogen and oxygen atoms in total. The molecule has 94 valence electrons. The Balaban J connectivity index is 0. The molecule has 0 aliphatic heterocycles. The fourth-order valence-corrected chi connectivity index (χ4v) is 0.505. The third-order valence-electron chi connectivity index (χ3n) is 1.60. The molecule has 0 fully saturated rings. The van der Waals surface area contributed by atoms with Gasteiger partial charge in [-0.15, -0.1) is 0 Å². The van der Waals surface area contributed by atoms with E-state index >= 15 is 0 Å². The van der Waals surface area contributed by atoms with Gasteiger partial charge in [-0.3, -0.25) is 0 Å². The van der Waals surface area contributed by atoms with Crippen molar-refractivity contribution < 1.29 is 19.4 Å². The zero-order valence-corrected chi connectivity index (χ0v) is 10.4. The maximum atomic E-state index is 10.6. The van der Waals surface area contributed by atoms with Gasteiger partial charge in [-0.25, -0.2) is 9.59 Å². The SMILES string of the molecule is CCCC.CCCCOC(=O)/C=C\C(=O)O. The molecule has 0 atom stereocenters. The number of aliphatic carboxylic acids is 1. The first kappa shape index (κ1) is 17.1. The molecule has 1 N–H and O–H groups in total. The summed E-state index contributed by atoms with van der Waals surface area (Å²) < 4.78 is 4.64. The lowest BCUT2D eigenvalue weighted by Gasteiger charge is -1.97. The lowest BCUT2D eigenvalue weighted by atomic mass is 10.4. The van der Waals surface area contributed by atoms with E-state index in [9.17, 15) is 9.59 Å². The van der Waals surface area contributed by atoms with E-state index < -0.39 is 11.9 Å². The van der Waals surface area contributed by atoms with Crippen LogP contribution in [0.4, 0.5) is 0 Å². The van der Waals surface area contributed by atoms with Gasteiger partial charge in [-0.05, 0) is 6.42 Å². The third kappa shape index (κ3) is 18.5. The van der Waals surface area contributed by atoms with Crippen molar-refractivity contribution in [3.63, 3.8) is 0 Å². The van der Waals surface area contributed by atoms with Crippen LogP contribution in [-0.4, -0.2) is 23.7 Å². The Morgan fingerprint density at radius 2 is 1.62 bits per heavy atom. The van der Waals surface area contributed by atoms with Crippen LogP contribution >= 0.6 is 0 Å². The zero-order chi connectivity index (χ0) is 12.8. The summed E-state index contributed by atoms with van der Waals surface area (Å²) in [7, 11) is 0. The number of esters is 1. The molecule has 0 aromatic carbocycles. The topological polar surface area (TPSA) is 63.6 Å². The monoisotopic (exact) mass is 230 g/mol. The number of carboxylic acid groups (broad SMARTS) is 1. The van der Waals surface area contributed by atoms with Gasteiger partial charge >= 0.3 is 11.9 Å². The Bertz CT molecular complexity index is 207. The second-order valence-corrected chi connectivity index (χ2v) is 3.19. The summed E-state index contributed by atoms with van der Waals surface area (Å²) in [6.45, 7) is 6.68. The molecule has 0 heterocycles. The maximum Gasteiger partial charge on any atom is 0.331 e. The van der Waals surface area contributed by atoms with E-state index in [2.05, 4.69) is 18.6 Å². The van der Waals surface area contributed by atoms with Crippen LogP contribution in [0, 0.1) is 0 Å². The van der Waals surface area contributed by atoms with Crippen molar-refractivity contribution in [1.82, 2.24) is 0 Å². The highest BCUT2D eigenvalue weighted by atomic mass is 16.5. The highest BCUT2D eigenvalue weighted by Crippen LogP contribution is 1.89. The quantitative estimate of drug-likeness (QED) is 0.433. The highest BCUT2D eigenvalue weighted by molar-refractivity contribution is 5.90. The number of carbonyl (C=O) groups is 2. The largest absolute Gasteiger partial charge is 0.478 e. The predicted molar refractivity (Wildman–Crippen MR) is 63.2 cm³/mol. The summed E-state index contributed by atoms with van der Waals surface area (Å²) in [6.07, 6.45) is 6.04. The van der Waals surface area contributed by atoms with Gasteiger partial charge < -0.3 is 9.84 Å². The molecule has 0 unspecified atom stereocenters. The molecular formula is C12H22O4. The molecule has 0 aliphatic rings. The van der Waals surface area contributed by atoms with Crippen LogP contribution in [0.2, 0.25) is 0 Å². The second kappa shape index (κ2) is 13.7. The van der Waals surface area contributed by atoms with E-state index in [1.165, 1.54) is 12.8 Å². The first-order chi connectivity index (χ1) is 7.58. The van der Waals surface area contributed by atoms with Gasteiger partial charge in [-0.2, -0.15) is 0 Å². The number of hydrogen-bond donors (Lipinski definition) is 1. The van der Waals surface area contributed by atoms with E-state index in [0.717, 1.165) is 25.0 Å². The molecule has 0 rings (SSSR count). The average Bonchev–Trinajstić information content (AvgIpc) is 2.27. The Morgan fingerprint density at radius 1 is 1.06 bits per heavy atom. The van der Waals surface area contributed by atoms with Crippen molar-refractivity contribution in [2.24, 2.45) is 0 Å². The standard InChI is InChI=1S/C8H12O4.C4H10/c1-2-3-6-12-8(11)5-4-7(9)10;1-3-4-2/h4-5H,2-3,6H2,1H3,(H,9,10);3-4H2,1-2H3/b5-4-;. The fraction of sp³-hybridized carbons (Fsp3) is 0.667. The summed E-state index contributed by atoms with van der Waals surface area (Å²) in [6, 6.07) is 0. The predicted octanol–water partition coefficient (Wildman–Crippen LogP) is 2.78. The smallest absolute Gasteiger partial charge is 0.331 e. The van der Waals surface area contributed by atoms with Gasteiger partial charge in [0.1, 0.15) is 0 Å². The fourth-order valence-electron chi connectivity index (χ4n) is 0.505. The van der Waals surface area contributed by atoms with Crippen LogP contribution in [0.25, 0.3) is 0 Å². The molecule has 0 saturated heterocycles. The minimum Gasteiger partial charge on any atom is -0.478 e. The number of ether oxygens (including phenoxy) is 1. The first-order valence-electron chi connectivity index (χ1n) is 5.66. The molecule has 0 bridgehead atoms. The molecule has 0 amide bonds. The summed E-state index contributed by atoms with van der Waals surface area (Å²) in [4.78, 5) is 20.6. The summed E-state index contributed by atoms with van der Waals surface area (Å²) in [5.41, 5.74) is 0. The van der Waals surface area contributed by atoms with Crippen molar-refractivity contribution in [1.29, 1.82) is 0 Å². The molecule has 0 radical (unpaired) electrons. The van der Waals surface area contributed by atoms with E-state index in [1.807, 2.05) is 6.92 Å². The number of carboxylic acids is 1. The van der Waals surface area contributed by atoms with E-state index in [0.29, 0.717) is 6.61 Å². The second-order valence-electron chi connectivity index (χ2n) is 3.19. The maximum absolute atomic E-state index is 10.6. The highest BCUT2D eigenvalue weighted by Gasteiger charge is 1.96. The van der Waals surface area contributed by atoms with Gasteiger partial charge in [0.25, 0.3) is 0 Å². The number of rotatable bonds is 6. The van der Waals surface area contributed by atoms with Crippen LogP contribution in [0.5, 0.6) is 0 Å². The number of hydrogen-bond acceptors (Lipinski definition) is 3. The molecule has 0 aromatic heterocycles. The van der Waals surface area contributed by atoms with Crippen LogP contribution < -0.4 is 0 Å². The molecule has 0 spiro atoms. The van der Waals surface area contributed by atoms with E-state index in [1.54, 1.807) is 0 Å². The van der Waals surface area contributed by atoms with Crippen molar-refractivity contribution in [3.05, 3.63) is 12.2 Å². The Labute approximate surface area is 97.3 Å². The molecular weight excluding hydrogens is 208 g/mol. The third-order valence-corrected chi connectivity index (χ3v) is 1.60. The lowest BCUT2D eigenvalue weighted by molar-refractivity contribution is -0.138. The van der Waals surface area contributed by atoms with Crippen LogP contribution in [0.1, 0.15) is 46.5 Å². The molecule has 0 saturated carbocycles. The number of unbranched alkanes of at least 4 members (excludes halogenated alkanes) is 2. The zero-order valence-electron chi connectivity index (χ0n) is 10.4. The molecule has 16 heavy (non-hydrogen) atoms. The Kier molecular flexibility index (Phi) is 14.6. The van der Waals surface area contributed by atoms with E-state index in [-0.39, 0.29) is 0 Å². The van der Waals surface area contributed by atoms with Gasteiger partial charge in [-0.1, -0.05) is 40.0 Å². The lowest BCUT2D eigenvalue weighted by Crippen LogP contribution is -2.02. The first-order valence-corrected chi connectivity index (χ1v) is 5.66. The molecule has 0 aromatic rings. The minimum absolute atomic E-state index is 0.347. The van der Waals surface area contributed by atoms with Gasteiger partial charge in [0.05, 0.1) is 6.61 Å². The minimum atomic E-state index is -1.15. The van der Waals surface area contributed by atoms with Crippen molar-refractivity contribution in [2.45, 2.75) is 46.5 Å². The van der Waals surface area contributed by atoms with Crippen LogP contribution in [0.15, 0.2) is 12.2 Å². The van der Waals surface area contributed by atoms with Gasteiger partial charge in [0.15, 0.2) is 0 Å². The van der Waals surface area contributed by atoms with Gasteiger partial charge in [0, 0.05) is 12.2 Å². The number of carbonyl (C=O) groups excluding carboxylic acids is 1. The van der Waals surface area contributed by atoms with Gasteiger partial charge in [0.2, 0.25) is 0 Å². The summed E-state index contributed by atoms with van der Waals surface area (Å²) in [5.74, 6) is -1.76. The van der Waals surface area contributed by atoms with Crippen LogP contribution in [0.3, 0.4) is 0 Å². The molecule has 4 heteroatoms. The Hall–Kier alpha value is -1.32. The summed E-state index contributed by atoms with van der Waals surface area (Å²) >= 11 is 0. The van der Waals surface area contributed by atoms with Crippen molar-refractivity contribution in [3.8, 4) is 0 Å². The average molecular weight is 230 g/mol. The van der Waals surface area contributed by atoms with Crippen LogP contribution in [-0.2, 0) is 14.3 Å². The normalized spacial score (nSPS) is 9.44. The van der Waals surface area contributed by atoms with Crippen molar-refractivity contribution >= 4 is 11.9 Å². The summed E-state index contributed by atoms with van der Waals surface area (Å²) in [5, 5.41) is 8.14. The molecule has 0 aliphatic carbocycles. The van der Waals surface area contributed by atoms with Crippen molar-refractivity contribution in [2.75, 3.05) is 6.61 Å². The Morgan fingerprint density at radius 3 is 2.00 bits per heavy atom.